The minimum Gasteiger partial charge on any atom is -0.488 e. The third-order valence-electron chi connectivity index (χ3n) is 10.8. The van der Waals surface area contributed by atoms with Gasteiger partial charge < -0.3 is 9.64 Å². The van der Waals surface area contributed by atoms with Gasteiger partial charge in [0, 0.05) is 30.3 Å². The molecule has 0 unspecified atom stereocenters. The van der Waals surface area contributed by atoms with Gasteiger partial charge in [-0.3, -0.25) is 24.1 Å². The van der Waals surface area contributed by atoms with Crippen LogP contribution in [0.1, 0.15) is 75.3 Å². The molecule has 0 spiro atoms. The third kappa shape index (κ3) is 7.30. The summed E-state index contributed by atoms with van der Waals surface area (Å²) in [5.74, 6) is -0.790. The van der Waals surface area contributed by atoms with Crippen molar-refractivity contribution in [3.8, 4) is 5.75 Å². The van der Waals surface area contributed by atoms with Gasteiger partial charge in [0.25, 0.3) is 0 Å². The maximum atomic E-state index is 14.6. The number of Topliss-reactive ketones (excluding diaryl/α,β-unsaturated/α-hetero) is 1. The molecule has 10 heteroatoms. The highest BCUT2D eigenvalue weighted by Gasteiger charge is 2.61. The SMILES string of the molecule is Cc1ccc2c(O[C@@H]3C[C@H]4C(=O)C[C@]5(C(=O)NS(=O)(=O)C6CC6)C[C@H]5/C=C\CCCCC[C@H](Cc5ccccc5)C(=O)N4C3)ccnc2c1. The number of carbonyl (C=O) groups is 3. The molecule has 258 valence electrons. The van der Waals surface area contributed by atoms with Crippen LogP contribution in [0.4, 0.5) is 0 Å². The minimum atomic E-state index is -3.78. The van der Waals surface area contributed by atoms with Crippen LogP contribution in [-0.4, -0.2) is 59.8 Å². The molecule has 1 aromatic heterocycles. The molecular formula is C39H45N3O6S. The van der Waals surface area contributed by atoms with Gasteiger partial charge in [0.15, 0.2) is 5.78 Å². The van der Waals surface area contributed by atoms with Crippen LogP contribution in [0.15, 0.2) is 72.9 Å². The van der Waals surface area contributed by atoms with E-state index in [0.29, 0.717) is 37.9 Å². The largest absolute Gasteiger partial charge is 0.488 e. The molecule has 1 saturated heterocycles. The van der Waals surface area contributed by atoms with Gasteiger partial charge in [0.2, 0.25) is 21.8 Å². The highest BCUT2D eigenvalue weighted by Crippen LogP contribution is 2.57. The minimum absolute atomic E-state index is 0.0707. The zero-order valence-electron chi connectivity index (χ0n) is 28.1. The zero-order chi connectivity index (χ0) is 34.2. The average Bonchev–Trinajstić information content (AvgIpc) is 4.01. The molecule has 3 aromatic rings. The first-order valence-corrected chi connectivity index (χ1v) is 19.3. The fourth-order valence-corrected chi connectivity index (χ4v) is 9.12. The predicted molar refractivity (Wildman–Crippen MR) is 187 cm³/mol. The number of nitrogens with zero attached hydrogens (tertiary/aromatic N) is 2. The number of allylic oxidation sites excluding steroid dienone is 2. The van der Waals surface area contributed by atoms with Crippen LogP contribution in [0.3, 0.4) is 0 Å². The number of nitrogens with one attached hydrogen (secondary N) is 1. The number of hydrogen-bond acceptors (Lipinski definition) is 7. The summed E-state index contributed by atoms with van der Waals surface area (Å²) in [6.45, 7) is 2.25. The van der Waals surface area contributed by atoms with E-state index in [-0.39, 0.29) is 42.9 Å². The monoisotopic (exact) mass is 683 g/mol. The maximum Gasteiger partial charge on any atom is 0.240 e. The van der Waals surface area contributed by atoms with Crippen molar-refractivity contribution in [3.63, 3.8) is 0 Å². The van der Waals surface area contributed by atoms with E-state index in [0.717, 1.165) is 47.7 Å². The smallest absolute Gasteiger partial charge is 0.240 e. The molecule has 0 bridgehead atoms. The molecular weight excluding hydrogens is 639 g/mol. The molecule has 0 radical (unpaired) electrons. The van der Waals surface area contributed by atoms with E-state index in [4.69, 9.17) is 4.74 Å². The van der Waals surface area contributed by atoms with Crippen molar-refractivity contribution in [1.82, 2.24) is 14.6 Å². The Balaban J connectivity index is 1.20. The number of rotatable bonds is 7. The molecule has 9 nitrogen and oxygen atoms in total. The molecule has 4 aliphatic rings. The summed E-state index contributed by atoms with van der Waals surface area (Å²) < 4.78 is 34.5. The standard InChI is InChI=1S/C39H45N3O6S/c1-26-14-17-32-33(20-26)40-19-18-36(32)48-30-22-34-35(43)24-39(38(45)41-49(46,47)31-15-16-31)23-29(39)13-9-4-2-3-8-12-28(37(44)42(34)25-30)21-27-10-6-5-7-11-27/h5-7,9-11,13-14,17-20,28-31,34H,2-4,8,12,15-16,21-25H2,1H3,(H,41,45)/b13-9-/t28-,29-,30-,34+,39-/m1/s1. The lowest BCUT2D eigenvalue weighted by Crippen LogP contribution is -2.46. The molecule has 2 saturated carbocycles. The number of sulfonamides is 1. The third-order valence-corrected chi connectivity index (χ3v) is 12.6. The Labute approximate surface area is 288 Å². The van der Waals surface area contributed by atoms with Crippen molar-refractivity contribution >= 4 is 38.5 Å². The van der Waals surface area contributed by atoms with Gasteiger partial charge >= 0.3 is 0 Å². The Morgan fingerprint density at radius 2 is 1.86 bits per heavy atom. The molecule has 49 heavy (non-hydrogen) atoms. The summed E-state index contributed by atoms with van der Waals surface area (Å²) >= 11 is 0. The van der Waals surface area contributed by atoms with E-state index < -0.39 is 38.7 Å². The Morgan fingerprint density at radius 3 is 2.65 bits per heavy atom. The number of benzene rings is 2. The predicted octanol–water partition coefficient (Wildman–Crippen LogP) is 5.84. The highest BCUT2D eigenvalue weighted by atomic mass is 32.2. The van der Waals surface area contributed by atoms with Crippen molar-refractivity contribution in [2.24, 2.45) is 17.3 Å². The quantitative estimate of drug-likeness (QED) is 0.310. The van der Waals surface area contributed by atoms with Crippen LogP contribution < -0.4 is 9.46 Å². The number of pyridine rings is 1. The van der Waals surface area contributed by atoms with Crippen LogP contribution in [-0.2, 0) is 30.8 Å². The Kier molecular flexibility index (Phi) is 9.35. The van der Waals surface area contributed by atoms with Gasteiger partial charge in [0.05, 0.1) is 28.8 Å². The van der Waals surface area contributed by atoms with Crippen LogP contribution in [0, 0.1) is 24.2 Å². The number of ether oxygens (including phenoxy) is 1. The highest BCUT2D eigenvalue weighted by molar-refractivity contribution is 7.90. The zero-order valence-corrected chi connectivity index (χ0v) is 28.9. The molecule has 2 aromatic carbocycles. The number of aryl methyl sites for hydroxylation is 1. The summed E-state index contributed by atoms with van der Waals surface area (Å²) in [6, 6.07) is 17.0. The van der Waals surface area contributed by atoms with Crippen molar-refractivity contribution in [2.75, 3.05) is 6.54 Å². The lowest BCUT2D eigenvalue weighted by molar-refractivity contribution is -0.142. The average molecular weight is 684 g/mol. The van der Waals surface area contributed by atoms with Crippen LogP contribution >= 0.6 is 0 Å². The van der Waals surface area contributed by atoms with Gasteiger partial charge in [-0.25, -0.2) is 8.42 Å². The molecule has 7 rings (SSSR count). The van der Waals surface area contributed by atoms with Gasteiger partial charge in [-0.2, -0.15) is 0 Å². The lowest BCUT2D eigenvalue weighted by atomic mass is 9.90. The number of hydrogen-bond donors (Lipinski definition) is 1. The van der Waals surface area contributed by atoms with E-state index in [9.17, 15) is 22.8 Å². The molecule has 2 aliphatic carbocycles. The van der Waals surface area contributed by atoms with Gasteiger partial charge in [-0.1, -0.05) is 61.4 Å². The molecule has 1 N–H and O–H groups in total. The summed E-state index contributed by atoms with van der Waals surface area (Å²) in [7, 11) is -3.78. The first-order valence-electron chi connectivity index (χ1n) is 17.7. The Morgan fingerprint density at radius 1 is 1.04 bits per heavy atom. The maximum absolute atomic E-state index is 14.6. The number of amides is 2. The Bertz CT molecular complexity index is 1870. The van der Waals surface area contributed by atoms with Crippen molar-refractivity contribution in [2.45, 2.75) is 94.9 Å². The molecule has 2 amide bonds. The summed E-state index contributed by atoms with van der Waals surface area (Å²) in [6.07, 6.45) is 11.9. The first-order chi connectivity index (χ1) is 23.6. The normalized spacial score (nSPS) is 28.6. The van der Waals surface area contributed by atoms with Gasteiger partial charge in [0.1, 0.15) is 11.9 Å². The van der Waals surface area contributed by atoms with Gasteiger partial charge in [-0.15, -0.1) is 0 Å². The fraction of sp³-hybridized carbons (Fsp3) is 0.487. The van der Waals surface area contributed by atoms with Crippen molar-refractivity contribution < 1.29 is 27.5 Å². The van der Waals surface area contributed by atoms with E-state index in [2.05, 4.69) is 15.8 Å². The summed E-state index contributed by atoms with van der Waals surface area (Å²) in [5.41, 5.74) is 1.82. The molecule has 3 heterocycles. The topological polar surface area (TPSA) is 123 Å². The molecule has 5 atom stereocenters. The number of ketones is 1. The van der Waals surface area contributed by atoms with E-state index >= 15 is 0 Å². The van der Waals surface area contributed by atoms with E-state index in [1.807, 2.05) is 67.6 Å². The molecule has 2 aliphatic heterocycles. The summed E-state index contributed by atoms with van der Waals surface area (Å²) in [4.78, 5) is 48.9. The van der Waals surface area contributed by atoms with Crippen LogP contribution in [0.2, 0.25) is 0 Å². The second-order valence-corrected chi connectivity index (χ2v) is 16.5. The Hall–Kier alpha value is -4.05. The number of aromatic nitrogens is 1. The van der Waals surface area contributed by atoms with Crippen molar-refractivity contribution in [1.29, 1.82) is 0 Å². The second-order valence-electron chi connectivity index (χ2n) is 14.5. The van der Waals surface area contributed by atoms with Crippen LogP contribution in [0.25, 0.3) is 10.9 Å². The molecule has 3 fully saturated rings. The van der Waals surface area contributed by atoms with E-state index in [1.54, 1.807) is 11.1 Å². The summed E-state index contributed by atoms with van der Waals surface area (Å²) in [5, 5.41) is 0.311. The van der Waals surface area contributed by atoms with Gasteiger partial charge in [-0.05, 0) is 87.1 Å². The van der Waals surface area contributed by atoms with E-state index in [1.165, 1.54) is 0 Å². The fourth-order valence-electron chi connectivity index (χ4n) is 7.73. The van der Waals surface area contributed by atoms with Crippen molar-refractivity contribution in [3.05, 3.63) is 84.1 Å². The second kappa shape index (κ2) is 13.7. The van der Waals surface area contributed by atoms with Crippen LogP contribution in [0.5, 0.6) is 5.75 Å². The number of carbonyl (C=O) groups excluding carboxylic acids is 3. The lowest BCUT2D eigenvalue weighted by Gasteiger charge is -2.29. The first kappa shape index (κ1) is 33.4. The number of fused-ring (bicyclic) bond motifs is 3.